The Kier molecular flexibility index (Phi) is 5.35. The van der Waals surface area contributed by atoms with Crippen LogP contribution in [0.25, 0.3) is 10.9 Å². The van der Waals surface area contributed by atoms with Gasteiger partial charge >= 0.3 is 0 Å². The van der Waals surface area contributed by atoms with Crippen LogP contribution in [0.15, 0.2) is 47.5 Å². The summed E-state index contributed by atoms with van der Waals surface area (Å²) < 4.78 is 0. The molecule has 3 aromatic rings. The Balaban J connectivity index is 1.80. The Hall–Kier alpha value is -3.42. The van der Waals surface area contributed by atoms with E-state index in [0.717, 1.165) is 12.2 Å². The molecule has 0 aliphatic rings. The van der Waals surface area contributed by atoms with E-state index in [1.165, 1.54) is 18.0 Å². The van der Waals surface area contributed by atoms with Crippen molar-refractivity contribution >= 4 is 28.0 Å². The van der Waals surface area contributed by atoms with Crippen LogP contribution in [0.1, 0.15) is 12.5 Å². The number of fused-ring (bicyclic) bond motifs is 1. The lowest BCUT2D eigenvalue weighted by Crippen LogP contribution is -2.29. The number of hydrogen-bond donors (Lipinski definition) is 2. The molecule has 3 rings (SSSR count). The van der Waals surface area contributed by atoms with Crippen LogP contribution in [0.2, 0.25) is 0 Å². The first kappa shape index (κ1) is 18.4. The summed E-state index contributed by atoms with van der Waals surface area (Å²) in [5, 5.41) is 14.7. The van der Waals surface area contributed by atoms with Crippen LogP contribution in [-0.4, -0.2) is 34.5 Å². The third kappa shape index (κ3) is 4.05. The van der Waals surface area contributed by atoms with Crippen LogP contribution < -0.4 is 15.8 Å². The predicted octanol–water partition coefficient (Wildman–Crippen LogP) is 3.08. The third-order valence-electron chi connectivity index (χ3n) is 4.40. The Labute approximate surface area is 156 Å². The lowest BCUT2D eigenvalue weighted by Gasteiger charge is -2.24. The average molecular weight is 367 g/mol. The molecule has 0 radical (unpaired) electrons. The van der Waals surface area contributed by atoms with E-state index in [1.54, 1.807) is 6.07 Å². The molecule has 0 unspecified atom stereocenters. The summed E-state index contributed by atoms with van der Waals surface area (Å²) in [7, 11) is 0. The number of aryl methyl sites for hydroxylation is 1. The van der Waals surface area contributed by atoms with Crippen LogP contribution >= 0.6 is 0 Å². The van der Waals surface area contributed by atoms with E-state index in [2.05, 4.69) is 33.2 Å². The fourth-order valence-electron chi connectivity index (χ4n) is 3.02. The third-order valence-corrected chi connectivity index (χ3v) is 4.40. The molecule has 8 nitrogen and oxygen atoms in total. The van der Waals surface area contributed by atoms with E-state index in [0.29, 0.717) is 24.3 Å². The van der Waals surface area contributed by atoms with Crippen LogP contribution in [0.4, 0.5) is 17.1 Å². The maximum absolute atomic E-state index is 11.8. The molecule has 1 aromatic heterocycles. The van der Waals surface area contributed by atoms with Crippen molar-refractivity contribution in [1.82, 2.24) is 9.97 Å². The zero-order chi connectivity index (χ0) is 19.4. The maximum Gasteiger partial charge on any atom is 0.293 e. The molecule has 27 heavy (non-hydrogen) atoms. The van der Waals surface area contributed by atoms with Gasteiger partial charge in [0.15, 0.2) is 0 Å². The van der Waals surface area contributed by atoms with Gasteiger partial charge in [-0.25, -0.2) is 4.98 Å². The van der Waals surface area contributed by atoms with Crippen molar-refractivity contribution in [2.75, 3.05) is 29.9 Å². The van der Waals surface area contributed by atoms with Crippen LogP contribution in [-0.2, 0) is 0 Å². The van der Waals surface area contributed by atoms with Crippen molar-refractivity contribution in [3.8, 4) is 0 Å². The monoisotopic (exact) mass is 367 g/mol. The van der Waals surface area contributed by atoms with E-state index in [4.69, 9.17) is 0 Å². The van der Waals surface area contributed by atoms with E-state index >= 15 is 0 Å². The van der Waals surface area contributed by atoms with Crippen LogP contribution in [0.3, 0.4) is 0 Å². The number of nitrogens with zero attached hydrogens (tertiary/aromatic N) is 3. The number of aromatic nitrogens is 2. The lowest BCUT2D eigenvalue weighted by molar-refractivity contribution is -0.383. The summed E-state index contributed by atoms with van der Waals surface area (Å²) in [6.07, 6.45) is 1.29. The van der Waals surface area contributed by atoms with Crippen molar-refractivity contribution in [1.29, 1.82) is 0 Å². The summed E-state index contributed by atoms with van der Waals surface area (Å²) >= 11 is 0. The van der Waals surface area contributed by atoms with Gasteiger partial charge < -0.3 is 15.2 Å². The van der Waals surface area contributed by atoms with Gasteiger partial charge in [-0.2, -0.15) is 0 Å². The predicted molar refractivity (Wildman–Crippen MR) is 107 cm³/mol. The molecule has 0 aliphatic heterocycles. The fourth-order valence-corrected chi connectivity index (χ4v) is 3.02. The summed E-state index contributed by atoms with van der Waals surface area (Å²) in [6.45, 7) is 6.12. The number of anilines is 2. The highest BCUT2D eigenvalue weighted by Crippen LogP contribution is 2.27. The Morgan fingerprint density at radius 2 is 2.11 bits per heavy atom. The van der Waals surface area contributed by atoms with E-state index in [1.807, 2.05) is 25.1 Å². The van der Waals surface area contributed by atoms with Gasteiger partial charge in [0.25, 0.3) is 11.2 Å². The van der Waals surface area contributed by atoms with Gasteiger partial charge in [0.05, 0.1) is 22.2 Å². The highest BCUT2D eigenvalue weighted by atomic mass is 16.6. The Bertz CT molecular complexity index is 1030. The van der Waals surface area contributed by atoms with Crippen molar-refractivity contribution < 1.29 is 4.92 Å². The second-order valence-electron chi connectivity index (χ2n) is 6.22. The minimum atomic E-state index is -0.494. The number of likely N-dealkylation sites (N-methyl/N-ethyl adjacent to an activating group) is 1. The SMILES string of the molecule is CCN(CCNc1cc2nc[nH]c(=O)c2cc1[N+](=O)[O-])c1cccc(C)c1. The lowest BCUT2D eigenvalue weighted by atomic mass is 10.2. The van der Waals surface area contributed by atoms with E-state index in [-0.39, 0.29) is 11.1 Å². The molecule has 0 bridgehead atoms. The number of benzene rings is 2. The molecule has 0 amide bonds. The van der Waals surface area contributed by atoms with Crippen molar-refractivity contribution in [3.63, 3.8) is 0 Å². The summed E-state index contributed by atoms with van der Waals surface area (Å²) in [5.74, 6) is 0. The van der Waals surface area contributed by atoms with Gasteiger partial charge in [-0.15, -0.1) is 0 Å². The minimum absolute atomic E-state index is 0.139. The van der Waals surface area contributed by atoms with Crippen LogP contribution in [0.5, 0.6) is 0 Å². The zero-order valence-corrected chi connectivity index (χ0v) is 15.2. The average Bonchev–Trinajstić information content (AvgIpc) is 2.65. The minimum Gasteiger partial charge on any atom is -0.378 e. The molecule has 0 atom stereocenters. The van der Waals surface area contributed by atoms with Gasteiger partial charge in [-0.1, -0.05) is 12.1 Å². The molecule has 2 aromatic carbocycles. The number of nitro benzene ring substituents is 1. The topological polar surface area (TPSA) is 104 Å². The van der Waals surface area contributed by atoms with Gasteiger partial charge in [0.2, 0.25) is 0 Å². The standard InChI is InChI=1S/C19H21N5O3/c1-3-23(14-6-4-5-13(2)9-14)8-7-20-17-11-16-15(10-18(17)24(26)27)19(25)22-12-21-16/h4-6,9-12,20H,3,7-8H2,1-2H3,(H,21,22,25). The van der Waals surface area contributed by atoms with Gasteiger partial charge in [-0.05, 0) is 37.6 Å². The van der Waals surface area contributed by atoms with Crippen LogP contribution in [0, 0.1) is 17.0 Å². The summed E-state index contributed by atoms with van der Waals surface area (Å²) in [4.78, 5) is 31.5. The first-order valence-corrected chi connectivity index (χ1v) is 8.71. The maximum atomic E-state index is 11.8. The largest absolute Gasteiger partial charge is 0.378 e. The highest BCUT2D eigenvalue weighted by molar-refractivity contribution is 5.86. The zero-order valence-electron chi connectivity index (χ0n) is 15.2. The van der Waals surface area contributed by atoms with Gasteiger partial charge in [-0.3, -0.25) is 14.9 Å². The first-order chi connectivity index (χ1) is 13.0. The number of aromatic amines is 1. The quantitative estimate of drug-likeness (QED) is 0.491. The molecule has 0 saturated heterocycles. The number of H-pyrrole nitrogens is 1. The first-order valence-electron chi connectivity index (χ1n) is 8.71. The summed E-state index contributed by atoms with van der Waals surface area (Å²) in [5.41, 5.74) is 2.52. The Morgan fingerprint density at radius 3 is 2.81 bits per heavy atom. The molecule has 0 saturated carbocycles. The van der Waals surface area contributed by atoms with Crippen molar-refractivity contribution in [2.45, 2.75) is 13.8 Å². The Morgan fingerprint density at radius 1 is 1.30 bits per heavy atom. The summed E-state index contributed by atoms with van der Waals surface area (Å²) in [6, 6.07) is 11.0. The molecular formula is C19H21N5O3. The fraction of sp³-hybridized carbons (Fsp3) is 0.263. The number of nitro groups is 1. The number of hydrogen-bond acceptors (Lipinski definition) is 6. The molecule has 1 heterocycles. The molecule has 0 fully saturated rings. The van der Waals surface area contributed by atoms with Gasteiger partial charge in [0, 0.05) is 31.4 Å². The highest BCUT2D eigenvalue weighted by Gasteiger charge is 2.17. The molecule has 2 N–H and O–H groups in total. The van der Waals surface area contributed by atoms with Gasteiger partial charge in [0.1, 0.15) is 5.69 Å². The van der Waals surface area contributed by atoms with E-state index in [9.17, 15) is 14.9 Å². The smallest absolute Gasteiger partial charge is 0.293 e. The molecular weight excluding hydrogens is 346 g/mol. The normalized spacial score (nSPS) is 10.7. The number of nitrogens with one attached hydrogen (secondary N) is 2. The molecule has 0 spiro atoms. The van der Waals surface area contributed by atoms with E-state index < -0.39 is 10.5 Å². The molecule has 8 heteroatoms. The molecule has 140 valence electrons. The van der Waals surface area contributed by atoms with Crippen molar-refractivity contribution in [2.24, 2.45) is 0 Å². The number of rotatable bonds is 7. The second-order valence-corrected chi connectivity index (χ2v) is 6.22. The second kappa shape index (κ2) is 7.86. The molecule has 0 aliphatic carbocycles. The van der Waals surface area contributed by atoms with Crippen molar-refractivity contribution in [3.05, 3.63) is 68.8 Å².